The smallest absolute Gasteiger partial charge is 0.286 e. The van der Waals surface area contributed by atoms with Crippen LogP contribution in [-0.2, 0) is 12.8 Å². The summed E-state index contributed by atoms with van der Waals surface area (Å²) in [6.45, 7) is 0. The molecule has 3 N–H and O–H groups in total. The van der Waals surface area contributed by atoms with Gasteiger partial charge in [0.2, 0.25) is 0 Å². The van der Waals surface area contributed by atoms with E-state index in [0.29, 0.717) is 11.4 Å². The zero-order chi connectivity index (χ0) is 14.8. The number of fused-ring (bicyclic) bond motifs is 1. The average molecular weight is 343 g/mol. The molecule has 0 aliphatic heterocycles. The number of nitriles is 1. The number of hydrogen-bond donors (Lipinski definition) is 1. The predicted octanol–water partition coefficient (Wildman–Crippen LogP) is 3.65. The zero-order valence-electron chi connectivity index (χ0n) is 11.7. The molecule has 0 spiro atoms. The fourth-order valence-electron chi connectivity index (χ4n) is 3.06. The van der Waals surface area contributed by atoms with Gasteiger partial charge in [-0.25, -0.2) is 4.98 Å². The Labute approximate surface area is 132 Å². The van der Waals surface area contributed by atoms with E-state index in [4.69, 9.17) is 5.73 Å². The molecule has 1 aliphatic rings. The fraction of sp³-hybridized carbons (Fsp3) is 0.294. The molecular weight excluding hydrogens is 326 g/mol. The third kappa shape index (κ3) is 2.66. The summed E-state index contributed by atoms with van der Waals surface area (Å²) in [6, 6.07) is 10.4. The molecule has 21 heavy (non-hydrogen) atoms. The topological polar surface area (TPSA) is 64.0 Å². The summed E-state index contributed by atoms with van der Waals surface area (Å²) >= 11 is 3.46. The van der Waals surface area contributed by atoms with Crippen molar-refractivity contribution in [3.8, 4) is 17.2 Å². The van der Waals surface area contributed by atoms with E-state index < -0.39 is 0 Å². The highest BCUT2D eigenvalue weighted by atomic mass is 79.9. The van der Waals surface area contributed by atoms with Gasteiger partial charge in [0.05, 0.1) is 0 Å². The van der Waals surface area contributed by atoms with Crippen LogP contribution in [0.2, 0.25) is 0 Å². The minimum atomic E-state index is 0.482. The Morgan fingerprint density at radius 3 is 2.52 bits per heavy atom. The highest BCUT2D eigenvalue weighted by Crippen LogP contribution is 2.34. The quantitative estimate of drug-likeness (QED) is 0.803. The second-order valence-corrected chi connectivity index (χ2v) is 6.34. The summed E-state index contributed by atoms with van der Waals surface area (Å²) in [4.78, 5) is 3.25. The number of pyridine rings is 1. The maximum Gasteiger partial charge on any atom is 0.289 e. The van der Waals surface area contributed by atoms with E-state index in [2.05, 4.69) is 27.0 Å². The Morgan fingerprint density at radius 2 is 1.81 bits per heavy atom. The number of halogens is 1. The molecule has 1 aromatic carbocycles. The van der Waals surface area contributed by atoms with Crippen LogP contribution in [0.15, 0.2) is 28.7 Å². The van der Waals surface area contributed by atoms with Crippen molar-refractivity contribution >= 4 is 21.7 Å². The van der Waals surface area contributed by atoms with Gasteiger partial charge in [0, 0.05) is 22.0 Å². The molecule has 0 saturated heterocycles. The number of hydrogen-bond acceptors (Lipinski definition) is 2. The number of nitrogens with zero attached hydrogens (tertiary/aromatic N) is 1. The van der Waals surface area contributed by atoms with Crippen molar-refractivity contribution < 1.29 is 4.98 Å². The lowest BCUT2D eigenvalue weighted by Crippen LogP contribution is -2.21. The molecule has 2 aromatic rings. The van der Waals surface area contributed by atoms with Crippen molar-refractivity contribution in [1.82, 2.24) is 0 Å². The second kappa shape index (κ2) is 5.87. The Hall–Kier alpha value is -1.86. The number of aryl methyl sites for hydroxylation is 1. The number of rotatable bonds is 1. The van der Waals surface area contributed by atoms with Crippen LogP contribution in [0.3, 0.4) is 0 Å². The monoisotopic (exact) mass is 342 g/mol. The van der Waals surface area contributed by atoms with Crippen LogP contribution in [0, 0.1) is 11.3 Å². The van der Waals surface area contributed by atoms with Gasteiger partial charge >= 0.3 is 0 Å². The van der Waals surface area contributed by atoms with Gasteiger partial charge in [-0.3, -0.25) is 5.73 Å². The van der Waals surface area contributed by atoms with Crippen molar-refractivity contribution in [1.29, 1.82) is 5.26 Å². The van der Waals surface area contributed by atoms with E-state index in [1.807, 2.05) is 24.3 Å². The normalized spacial score (nSPS) is 14.1. The molecule has 0 amide bonds. The number of benzene rings is 1. The first-order valence-corrected chi connectivity index (χ1v) is 8.02. The van der Waals surface area contributed by atoms with E-state index in [0.717, 1.165) is 28.4 Å². The highest BCUT2D eigenvalue weighted by molar-refractivity contribution is 9.10. The van der Waals surface area contributed by atoms with Gasteiger partial charge < -0.3 is 0 Å². The first-order valence-electron chi connectivity index (χ1n) is 7.23. The van der Waals surface area contributed by atoms with Crippen LogP contribution < -0.4 is 10.7 Å². The Kier molecular flexibility index (Phi) is 3.94. The minimum absolute atomic E-state index is 0.482. The van der Waals surface area contributed by atoms with Gasteiger partial charge in [-0.1, -0.05) is 34.5 Å². The summed E-state index contributed by atoms with van der Waals surface area (Å²) in [6.07, 6.45) is 5.58. The molecule has 3 nitrogen and oxygen atoms in total. The molecule has 1 heterocycles. The number of H-pyrrole nitrogens is 1. The first-order chi connectivity index (χ1) is 10.2. The maximum atomic E-state index is 9.53. The van der Waals surface area contributed by atoms with E-state index in [-0.39, 0.29) is 0 Å². The number of nitrogens with two attached hydrogens (primary N) is 1. The van der Waals surface area contributed by atoms with Crippen molar-refractivity contribution in [2.24, 2.45) is 0 Å². The number of nitrogens with one attached hydrogen (secondary N) is 1. The van der Waals surface area contributed by atoms with Gasteiger partial charge in [0.15, 0.2) is 0 Å². The summed E-state index contributed by atoms with van der Waals surface area (Å²) in [5, 5.41) is 9.53. The maximum absolute atomic E-state index is 9.53. The third-order valence-electron chi connectivity index (χ3n) is 4.07. The van der Waals surface area contributed by atoms with Crippen LogP contribution in [-0.4, -0.2) is 0 Å². The molecule has 106 valence electrons. The van der Waals surface area contributed by atoms with Gasteiger partial charge in [0.1, 0.15) is 17.3 Å². The molecule has 0 unspecified atom stereocenters. The van der Waals surface area contributed by atoms with E-state index >= 15 is 0 Å². The Bertz CT molecular complexity index is 714. The van der Waals surface area contributed by atoms with Crippen molar-refractivity contribution in [3.63, 3.8) is 0 Å². The van der Waals surface area contributed by atoms with Crippen LogP contribution in [0.4, 0.5) is 5.82 Å². The SMILES string of the molecule is N#Cc1c(N)[nH+]c2c(c1-c1ccc(Br)cc1)CCCCC2. The Balaban J connectivity index is 2.28. The van der Waals surface area contributed by atoms with Crippen molar-refractivity contribution in [2.45, 2.75) is 32.1 Å². The Morgan fingerprint density at radius 1 is 1.10 bits per heavy atom. The summed E-state index contributed by atoms with van der Waals surface area (Å²) in [5.41, 5.74) is 11.2. The van der Waals surface area contributed by atoms with Crippen LogP contribution in [0.1, 0.15) is 36.1 Å². The van der Waals surface area contributed by atoms with E-state index in [1.54, 1.807) is 0 Å². The number of aromatic amines is 1. The first kappa shape index (κ1) is 14.1. The number of anilines is 1. The summed E-state index contributed by atoms with van der Waals surface area (Å²) in [7, 11) is 0. The largest absolute Gasteiger partial charge is 0.289 e. The van der Waals surface area contributed by atoms with Gasteiger partial charge in [0.25, 0.3) is 5.82 Å². The van der Waals surface area contributed by atoms with Crippen LogP contribution in [0.5, 0.6) is 0 Å². The molecule has 4 heteroatoms. The van der Waals surface area contributed by atoms with Gasteiger partial charge in [-0.2, -0.15) is 5.26 Å². The minimum Gasteiger partial charge on any atom is -0.286 e. The molecule has 0 saturated carbocycles. The number of aromatic nitrogens is 1. The predicted molar refractivity (Wildman–Crippen MR) is 86.5 cm³/mol. The molecule has 0 atom stereocenters. The van der Waals surface area contributed by atoms with Crippen LogP contribution >= 0.6 is 15.9 Å². The summed E-state index contributed by atoms with van der Waals surface area (Å²) < 4.78 is 1.03. The molecule has 0 bridgehead atoms. The van der Waals surface area contributed by atoms with Gasteiger partial charge in [-0.15, -0.1) is 0 Å². The lowest BCUT2D eigenvalue weighted by atomic mass is 9.92. The van der Waals surface area contributed by atoms with E-state index in [1.165, 1.54) is 30.5 Å². The van der Waals surface area contributed by atoms with Crippen molar-refractivity contribution in [3.05, 3.63) is 45.6 Å². The lowest BCUT2D eigenvalue weighted by Gasteiger charge is -2.13. The molecule has 1 aromatic heterocycles. The standard InChI is InChI=1S/C17H16BrN3/c18-12-8-6-11(7-9-12)16-13-4-2-1-3-5-15(13)21-17(20)14(16)10-19/h6-9H,1-5H2,(H2,20,21)/p+1. The molecule has 0 radical (unpaired) electrons. The van der Waals surface area contributed by atoms with Gasteiger partial charge in [-0.05, 0) is 37.0 Å². The van der Waals surface area contributed by atoms with Crippen LogP contribution in [0.25, 0.3) is 11.1 Å². The summed E-state index contributed by atoms with van der Waals surface area (Å²) in [5.74, 6) is 0.482. The van der Waals surface area contributed by atoms with Crippen molar-refractivity contribution in [2.75, 3.05) is 5.73 Å². The second-order valence-electron chi connectivity index (χ2n) is 5.43. The van der Waals surface area contributed by atoms with E-state index in [9.17, 15) is 5.26 Å². The highest BCUT2D eigenvalue weighted by Gasteiger charge is 2.23. The zero-order valence-corrected chi connectivity index (χ0v) is 13.3. The third-order valence-corrected chi connectivity index (χ3v) is 4.60. The molecule has 3 rings (SSSR count). The number of nitrogen functional groups attached to an aromatic ring is 1. The molecule has 0 fully saturated rings. The average Bonchev–Trinajstić information content (AvgIpc) is 2.72. The lowest BCUT2D eigenvalue weighted by molar-refractivity contribution is -0.373. The molecule has 1 aliphatic carbocycles. The fourth-order valence-corrected chi connectivity index (χ4v) is 3.32. The molecular formula is C17H17BrN3+.